The van der Waals surface area contributed by atoms with Crippen LogP contribution >= 0.6 is 0 Å². The normalized spacial score (nSPS) is 17.7. The molecular weight excluding hydrogens is 217 g/mol. The maximum absolute atomic E-state index is 13.3. The smallest absolute Gasteiger partial charge is 0.123 e. The second-order valence-corrected chi connectivity index (χ2v) is 4.54. The largest absolute Gasteiger partial charge is 0.496 e. The molecule has 2 nitrogen and oxygen atoms in total. The zero-order valence-corrected chi connectivity index (χ0v) is 9.95. The van der Waals surface area contributed by atoms with Gasteiger partial charge in [0.25, 0.3) is 0 Å². The molecule has 3 heteroatoms. The first-order valence-electron chi connectivity index (χ1n) is 5.99. The molecule has 1 saturated carbocycles. The topological polar surface area (TPSA) is 33.0 Å². The first-order chi connectivity index (χ1) is 8.26. The van der Waals surface area contributed by atoms with Gasteiger partial charge < -0.3 is 4.74 Å². The van der Waals surface area contributed by atoms with Gasteiger partial charge in [0, 0.05) is 5.56 Å². The molecule has 0 saturated heterocycles. The second-order valence-electron chi connectivity index (χ2n) is 4.54. The molecule has 0 N–H and O–H groups in total. The molecule has 2 rings (SSSR count). The number of benzene rings is 1. The van der Waals surface area contributed by atoms with Gasteiger partial charge in [-0.05, 0) is 37.0 Å². The molecule has 1 fully saturated rings. The average molecular weight is 233 g/mol. The van der Waals surface area contributed by atoms with E-state index >= 15 is 0 Å². The number of hydrogen-bond donors (Lipinski definition) is 0. The number of rotatable bonds is 3. The Morgan fingerprint density at radius 1 is 1.41 bits per heavy atom. The Morgan fingerprint density at radius 3 is 2.71 bits per heavy atom. The van der Waals surface area contributed by atoms with Crippen LogP contribution in [0.4, 0.5) is 4.39 Å². The highest BCUT2D eigenvalue weighted by Gasteiger charge is 2.28. The molecule has 0 bridgehead atoms. The molecule has 0 amide bonds. The predicted octanol–water partition coefficient (Wildman–Crippen LogP) is 3.63. The SMILES string of the molecule is COc1ccc(F)cc1C(C#N)C1CCCC1. The Morgan fingerprint density at radius 2 is 2.12 bits per heavy atom. The maximum atomic E-state index is 13.3. The van der Waals surface area contributed by atoms with Crippen molar-refractivity contribution in [3.05, 3.63) is 29.6 Å². The van der Waals surface area contributed by atoms with E-state index < -0.39 is 0 Å². The van der Waals surface area contributed by atoms with Gasteiger partial charge >= 0.3 is 0 Å². The van der Waals surface area contributed by atoms with Crippen molar-refractivity contribution >= 4 is 0 Å². The predicted molar refractivity (Wildman–Crippen MR) is 63.3 cm³/mol. The summed E-state index contributed by atoms with van der Waals surface area (Å²) in [5.41, 5.74) is 0.696. The van der Waals surface area contributed by atoms with Gasteiger partial charge in [-0.15, -0.1) is 0 Å². The highest BCUT2D eigenvalue weighted by atomic mass is 19.1. The minimum Gasteiger partial charge on any atom is -0.496 e. The lowest BCUT2D eigenvalue weighted by Crippen LogP contribution is -2.09. The molecule has 0 heterocycles. The third-order valence-electron chi connectivity index (χ3n) is 3.54. The van der Waals surface area contributed by atoms with Crippen LogP contribution in [-0.4, -0.2) is 7.11 Å². The summed E-state index contributed by atoms with van der Waals surface area (Å²) in [6.07, 6.45) is 4.44. The zero-order chi connectivity index (χ0) is 12.3. The highest BCUT2D eigenvalue weighted by molar-refractivity contribution is 5.40. The van der Waals surface area contributed by atoms with Crippen LogP contribution in [0.25, 0.3) is 0 Å². The second kappa shape index (κ2) is 5.18. The quantitative estimate of drug-likeness (QED) is 0.798. The fourth-order valence-corrected chi connectivity index (χ4v) is 2.67. The molecule has 0 spiro atoms. The Hall–Kier alpha value is -1.56. The lowest BCUT2D eigenvalue weighted by Gasteiger charge is -2.19. The highest BCUT2D eigenvalue weighted by Crippen LogP contribution is 2.40. The molecular formula is C14H16FNO. The van der Waals surface area contributed by atoms with Gasteiger partial charge in [0.05, 0.1) is 19.1 Å². The number of nitriles is 1. The van der Waals surface area contributed by atoms with Gasteiger partial charge in [-0.25, -0.2) is 4.39 Å². The van der Waals surface area contributed by atoms with Crippen molar-refractivity contribution in [2.75, 3.05) is 7.11 Å². The van der Waals surface area contributed by atoms with Crippen molar-refractivity contribution in [3.63, 3.8) is 0 Å². The molecule has 1 aliphatic carbocycles. The van der Waals surface area contributed by atoms with E-state index in [1.54, 1.807) is 13.2 Å². The van der Waals surface area contributed by atoms with Crippen molar-refractivity contribution in [1.29, 1.82) is 5.26 Å². The maximum Gasteiger partial charge on any atom is 0.123 e. The fourth-order valence-electron chi connectivity index (χ4n) is 2.67. The van der Waals surface area contributed by atoms with Gasteiger partial charge in [-0.3, -0.25) is 0 Å². The van der Waals surface area contributed by atoms with E-state index in [9.17, 15) is 9.65 Å². The number of hydrogen-bond acceptors (Lipinski definition) is 2. The summed E-state index contributed by atoms with van der Waals surface area (Å²) in [5.74, 6) is 0.405. The fraction of sp³-hybridized carbons (Fsp3) is 0.500. The van der Waals surface area contributed by atoms with E-state index in [1.165, 1.54) is 25.0 Å². The standard InChI is InChI=1S/C14H16FNO/c1-17-14-7-6-11(15)8-12(14)13(9-16)10-4-2-3-5-10/h6-8,10,13H,2-5H2,1H3. The lowest BCUT2D eigenvalue weighted by molar-refractivity contribution is 0.397. The van der Waals surface area contributed by atoms with Gasteiger partial charge in [0.2, 0.25) is 0 Å². The van der Waals surface area contributed by atoms with Gasteiger partial charge in [-0.2, -0.15) is 5.26 Å². The van der Waals surface area contributed by atoms with Crippen molar-refractivity contribution in [2.45, 2.75) is 31.6 Å². The summed E-state index contributed by atoms with van der Waals surface area (Å²) in [6, 6.07) is 6.72. The molecule has 90 valence electrons. The Balaban J connectivity index is 2.35. The molecule has 1 aromatic rings. The molecule has 17 heavy (non-hydrogen) atoms. The molecule has 1 aromatic carbocycles. The van der Waals surface area contributed by atoms with E-state index in [4.69, 9.17) is 4.74 Å². The third-order valence-corrected chi connectivity index (χ3v) is 3.54. The lowest BCUT2D eigenvalue weighted by atomic mass is 9.85. The minimum absolute atomic E-state index is 0.247. The molecule has 1 atom stereocenters. The summed E-state index contributed by atoms with van der Waals surface area (Å²) in [4.78, 5) is 0. The summed E-state index contributed by atoms with van der Waals surface area (Å²) in [6.45, 7) is 0. The molecule has 0 aliphatic heterocycles. The van der Waals surface area contributed by atoms with Crippen molar-refractivity contribution in [1.82, 2.24) is 0 Å². The van der Waals surface area contributed by atoms with Crippen molar-refractivity contribution < 1.29 is 9.13 Å². The molecule has 1 unspecified atom stereocenters. The number of methoxy groups -OCH3 is 1. The number of ether oxygens (including phenoxy) is 1. The van der Waals surface area contributed by atoms with E-state index in [0.29, 0.717) is 17.2 Å². The summed E-state index contributed by atoms with van der Waals surface area (Å²) in [7, 11) is 1.56. The van der Waals surface area contributed by atoms with Crippen LogP contribution in [0.15, 0.2) is 18.2 Å². The van der Waals surface area contributed by atoms with Crippen LogP contribution in [0.1, 0.15) is 37.2 Å². The van der Waals surface area contributed by atoms with Gasteiger partial charge in [0.1, 0.15) is 11.6 Å². The molecule has 1 aliphatic rings. The van der Waals surface area contributed by atoms with Crippen LogP contribution in [0.2, 0.25) is 0 Å². The van der Waals surface area contributed by atoms with E-state index in [1.807, 2.05) is 0 Å². The van der Waals surface area contributed by atoms with Crippen LogP contribution in [0, 0.1) is 23.1 Å². The first-order valence-corrected chi connectivity index (χ1v) is 5.99. The summed E-state index contributed by atoms with van der Waals surface area (Å²) in [5, 5.41) is 9.32. The van der Waals surface area contributed by atoms with Gasteiger partial charge in [0.15, 0.2) is 0 Å². The minimum atomic E-state index is -0.306. The van der Waals surface area contributed by atoms with Crippen LogP contribution < -0.4 is 4.74 Å². The monoisotopic (exact) mass is 233 g/mol. The first kappa shape index (κ1) is 11.9. The van der Waals surface area contributed by atoms with Crippen molar-refractivity contribution in [3.8, 4) is 11.8 Å². The average Bonchev–Trinajstić information content (AvgIpc) is 2.84. The van der Waals surface area contributed by atoms with E-state index in [0.717, 1.165) is 12.8 Å². The summed E-state index contributed by atoms with van der Waals surface area (Å²) >= 11 is 0. The van der Waals surface area contributed by atoms with Crippen molar-refractivity contribution in [2.24, 2.45) is 5.92 Å². The van der Waals surface area contributed by atoms with Gasteiger partial charge in [-0.1, -0.05) is 12.8 Å². The Kier molecular flexibility index (Phi) is 3.63. The number of nitrogens with zero attached hydrogens (tertiary/aromatic N) is 1. The van der Waals surface area contributed by atoms with Crippen LogP contribution in [0.5, 0.6) is 5.75 Å². The number of halogens is 1. The Bertz CT molecular complexity index is 432. The Labute approximate surface area is 101 Å². The summed E-state index contributed by atoms with van der Waals surface area (Å²) < 4.78 is 18.5. The zero-order valence-electron chi connectivity index (χ0n) is 9.95. The third kappa shape index (κ3) is 2.41. The van der Waals surface area contributed by atoms with Crippen LogP contribution in [-0.2, 0) is 0 Å². The van der Waals surface area contributed by atoms with Crippen LogP contribution in [0.3, 0.4) is 0 Å². The van der Waals surface area contributed by atoms with E-state index in [-0.39, 0.29) is 11.7 Å². The molecule has 0 aromatic heterocycles. The van der Waals surface area contributed by atoms with E-state index in [2.05, 4.69) is 6.07 Å². The molecule has 0 radical (unpaired) electrons.